The molecule has 1 N–H and O–H groups in total. The Morgan fingerprint density at radius 1 is 1.20 bits per heavy atom. The van der Waals surface area contributed by atoms with Gasteiger partial charge in [0.1, 0.15) is 11.1 Å². The molecule has 1 atom stereocenters. The Morgan fingerprint density at radius 2 is 1.80 bits per heavy atom. The Labute approximate surface area is 122 Å². The zero-order valence-corrected chi connectivity index (χ0v) is 13.2. The molecule has 1 aliphatic heterocycles. The highest BCUT2D eigenvalue weighted by molar-refractivity contribution is 8.01. The topological polar surface area (TPSA) is 91.8 Å². The quantitative estimate of drug-likeness (QED) is 0.863. The van der Waals surface area contributed by atoms with Crippen molar-refractivity contribution in [3.63, 3.8) is 0 Å². The number of hydrogen-bond acceptors (Lipinski definition) is 6. The second-order valence-corrected chi connectivity index (χ2v) is 9.71. The van der Waals surface area contributed by atoms with Gasteiger partial charge in [-0.2, -0.15) is 16.1 Å². The molecule has 9 heteroatoms. The van der Waals surface area contributed by atoms with E-state index in [-0.39, 0.29) is 22.9 Å². The van der Waals surface area contributed by atoms with E-state index in [1.54, 1.807) is 0 Å². The van der Waals surface area contributed by atoms with E-state index in [4.69, 9.17) is 0 Å². The molecular formula is C11H15NO5S3. The van der Waals surface area contributed by atoms with E-state index in [9.17, 15) is 21.9 Å². The van der Waals surface area contributed by atoms with Crippen LogP contribution in [0, 0.1) is 0 Å². The summed E-state index contributed by atoms with van der Waals surface area (Å²) in [6, 6.07) is 5.07. The van der Waals surface area contributed by atoms with Crippen molar-refractivity contribution in [3.8, 4) is 5.75 Å². The second-order valence-electron chi connectivity index (χ2n) is 4.47. The first kappa shape index (κ1) is 15.6. The number of sulfone groups is 1. The summed E-state index contributed by atoms with van der Waals surface area (Å²) in [4.78, 5) is -0.0177. The molecule has 0 aliphatic carbocycles. The largest absolute Gasteiger partial charge is 0.508 e. The van der Waals surface area contributed by atoms with Gasteiger partial charge in [-0.3, -0.25) is 0 Å². The summed E-state index contributed by atoms with van der Waals surface area (Å²) in [6.45, 7) is 0.158. The molecule has 0 bridgehead atoms. The minimum absolute atomic E-state index is 0.0177. The highest BCUT2D eigenvalue weighted by Gasteiger charge is 2.39. The van der Waals surface area contributed by atoms with Crippen LogP contribution in [0.5, 0.6) is 5.75 Å². The van der Waals surface area contributed by atoms with E-state index in [0.717, 1.165) is 10.6 Å². The molecular weight excluding hydrogens is 322 g/mol. The van der Waals surface area contributed by atoms with Crippen molar-refractivity contribution < 1.29 is 21.9 Å². The van der Waals surface area contributed by atoms with Crippen LogP contribution in [0.3, 0.4) is 0 Å². The van der Waals surface area contributed by atoms with Gasteiger partial charge in [-0.1, -0.05) is 0 Å². The first-order valence-corrected chi connectivity index (χ1v) is 10.4. The average molecular weight is 337 g/mol. The minimum atomic E-state index is -3.88. The molecule has 20 heavy (non-hydrogen) atoms. The fourth-order valence-electron chi connectivity index (χ4n) is 1.93. The maximum atomic E-state index is 12.5. The second kappa shape index (κ2) is 5.55. The lowest BCUT2D eigenvalue weighted by molar-refractivity contribution is 0.405. The average Bonchev–Trinajstić information content (AvgIpc) is 2.38. The third kappa shape index (κ3) is 3.11. The SMILES string of the molecule is CS(=O)(=O)C1CSCCN1S(=O)(=O)c1ccc(O)cc1. The van der Waals surface area contributed by atoms with Crippen LogP contribution in [-0.2, 0) is 19.9 Å². The Kier molecular flexibility index (Phi) is 4.33. The molecule has 0 saturated carbocycles. The highest BCUT2D eigenvalue weighted by Crippen LogP contribution is 2.27. The Morgan fingerprint density at radius 3 is 2.35 bits per heavy atom. The number of sulfonamides is 1. The van der Waals surface area contributed by atoms with Crippen molar-refractivity contribution >= 4 is 31.6 Å². The van der Waals surface area contributed by atoms with Gasteiger partial charge in [0.25, 0.3) is 0 Å². The van der Waals surface area contributed by atoms with Gasteiger partial charge in [-0.05, 0) is 24.3 Å². The van der Waals surface area contributed by atoms with Gasteiger partial charge in [0, 0.05) is 24.3 Å². The zero-order chi connectivity index (χ0) is 15.0. The molecule has 1 aromatic carbocycles. The van der Waals surface area contributed by atoms with Crippen LogP contribution in [0.25, 0.3) is 0 Å². The van der Waals surface area contributed by atoms with Crippen LogP contribution in [-0.4, -0.2) is 55.9 Å². The van der Waals surface area contributed by atoms with E-state index >= 15 is 0 Å². The fourth-order valence-corrected chi connectivity index (χ4v) is 7.10. The first-order valence-electron chi connectivity index (χ1n) is 5.80. The number of nitrogens with zero attached hydrogens (tertiary/aromatic N) is 1. The molecule has 1 aliphatic rings. The standard InChI is InChI=1S/C11H15NO5S3/c1-19(14,15)11-8-18-7-6-12(11)20(16,17)10-4-2-9(13)3-5-10/h2-5,11,13H,6-8H2,1H3. The number of rotatable bonds is 3. The molecule has 1 aromatic rings. The summed E-state index contributed by atoms with van der Waals surface area (Å²) >= 11 is 1.42. The van der Waals surface area contributed by atoms with E-state index in [1.165, 1.54) is 36.0 Å². The minimum Gasteiger partial charge on any atom is -0.508 e. The van der Waals surface area contributed by atoms with Gasteiger partial charge in [0.05, 0.1) is 4.90 Å². The van der Waals surface area contributed by atoms with Crippen LogP contribution in [0.4, 0.5) is 0 Å². The monoisotopic (exact) mass is 337 g/mol. The van der Waals surface area contributed by atoms with Crippen molar-refractivity contribution in [1.82, 2.24) is 4.31 Å². The summed E-state index contributed by atoms with van der Waals surface area (Å²) < 4.78 is 49.6. The number of phenols is 1. The van der Waals surface area contributed by atoms with Crippen LogP contribution < -0.4 is 0 Å². The van der Waals surface area contributed by atoms with E-state index in [0.29, 0.717) is 5.75 Å². The summed E-state index contributed by atoms with van der Waals surface area (Å²) in [5, 5.41) is 8.16. The van der Waals surface area contributed by atoms with Gasteiger partial charge < -0.3 is 5.11 Å². The smallest absolute Gasteiger partial charge is 0.244 e. The predicted octanol–water partition coefficient (Wildman–Crippen LogP) is 0.500. The van der Waals surface area contributed by atoms with Gasteiger partial charge in [0.15, 0.2) is 9.84 Å². The molecule has 1 heterocycles. The molecule has 6 nitrogen and oxygen atoms in total. The lowest BCUT2D eigenvalue weighted by Gasteiger charge is -2.32. The number of benzene rings is 1. The highest BCUT2D eigenvalue weighted by atomic mass is 32.2. The maximum Gasteiger partial charge on any atom is 0.244 e. The Bertz CT molecular complexity index is 681. The Hall–Kier alpha value is -0.770. The third-order valence-corrected chi connectivity index (χ3v) is 7.67. The molecule has 0 aromatic heterocycles. The van der Waals surface area contributed by atoms with Crippen molar-refractivity contribution in [3.05, 3.63) is 24.3 Å². The molecule has 0 amide bonds. The van der Waals surface area contributed by atoms with Crippen molar-refractivity contribution in [2.75, 3.05) is 24.3 Å². The molecule has 112 valence electrons. The molecule has 1 saturated heterocycles. The molecule has 2 rings (SSSR count). The number of thioether (sulfide) groups is 1. The summed E-state index contributed by atoms with van der Waals surface area (Å²) in [5.74, 6) is 0.747. The molecule has 0 spiro atoms. The summed E-state index contributed by atoms with van der Waals surface area (Å²) in [5.41, 5.74) is 0. The predicted molar refractivity (Wildman–Crippen MR) is 78.0 cm³/mol. The van der Waals surface area contributed by atoms with Crippen LogP contribution >= 0.6 is 11.8 Å². The maximum absolute atomic E-state index is 12.5. The third-order valence-electron chi connectivity index (χ3n) is 2.98. The van der Waals surface area contributed by atoms with Crippen LogP contribution in [0.1, 0.15) is 0 Å². The van der Waals surface area contributed by atoms with Gasteiger partial charge in [0.2, 0.25) is 10.0 Å². The number of hydrogen-bond donors (Lipinski definition) is 1. The van der Waals surface area contributed by atoms with Gasteiger partial charge >= 0.3 is 0 Å². The summed E-state index contributed by atoms with van der Waals surface area (Å²) in [7, 11) is -7.38. The number of phenolic OH excluding ortho intramolecular Hbond substituents is 1. The van der Waals surface area contributed by atoms with Crippen LogP contribution in [0.2, 0.25) is 0 Å². The molecule has 1 unspecified atom stereocenters. The van der Waals surface area contributed by atoms with E-state index < -0.39 is 25.2 Å². The normalized spacial score (nSPS) is 21.8. The number of aromatic hydroxyl groups is 1. The first-order chi connectivity index (χ1) is 9.23. The van der Waals surface area contributed by atoms with Gasteiger partial charge in [-0.25, -0.2) is 16.8 Å². The Balaban J connectivity index is 2.43. The van der Waals surface area contributed by atoms with E-state index in [1.807, 2.05) is 0 Å². The fraction of sp³-hybridized carbons (Fsp3) is 0.455. The van der Waals surface area contributed by atoms with Gasteiger partial charge in [-0.15, -0.1) is 0 Å². The van der Waals surface area contributed by atoms with Crippen molar-refractivity contribution in [2.45, 2.75) is 10.3 Å². The van der Waals surface area contributed by atoms with E-state index in [2.05, 4.69) is 0 Å². The zero-order valence-electron chi connectivity index (χ0n) is 10.8. The lowest BCUT2D eigenvalue weighted by Crippen LogP contribution is -2.49. The lowest BCUT2D eigenvalue weighted by atomic mass is 10.3. The molecule has 1 fully saturated rings. The van der Waals surface area contributed by atoms with Crippen molar-refractivity contribution in [1.29, 1.82) is 0 Å². The van der Waals surface area contributed by atoms with Crippen LogP contribution in [0.15, 0.2) is 29.2 Å². The molecule has 0 radical (unpaired) electrons. The van der Waals surface area contributed by atoms with Crippen molar-refractivity contribution in [2.24, 2.45) is 0 Å². The summed E-state index contributed by atoms with van der Waals surface area (Å²) in [6.07, 6.45) is 1.04.